The van der Waals surface area contributed by atoms with Crippen LogP contribution in [0.4, 0.5) is 5.69 Å². The van der Waals surface area contributed by atoms with Crippen molar-refractivity contribution in [3.8, 4) is 22.5 Å². The largest absolute Gasteiger partial charge is 0.398 e. The minimum Gasteiger partial charge on any atom is -0.398 e. The summed E-state index contributed by atoms with van der Waals surface area (Å²) >= 11 is 0. The molecule has 2 aromatic carbocycles. The van der Waals surface area contributed by atoms with Crippen molar-refractivity contribution >= 4 is 31.5 Å². The maximum atomic E-state index is 13.3. The number of amides is 1. The Bertz CT molecular complexity index is 1490. The lowest BCUT2D eigenvalue weighted by molar-refractivity contribution is 0.0955. The molecule has 1 saturated heterocycles. The fraction of sp³-hybridized carbons (Fsp3) is 0.263. The Hall–Kier alpha value is -3.44. The first-order chi connectivity index (χ1) is 16.6. The van der Waals surface area contributed by atoms with Gasteiger partial charge < -0.3 is 22.1 Å². The van der Waals surface area contributed by atoms with E-state index in [4.69, 9.17) is 16.6 Å². The molecule has 0 aliphatic carbocycles. The molecule has 2 heterocycles. The molecule has 0 unspecified atom stereocenters. The van der Waals surface area contributed by atoms with Gasteiger partial charge >= 0.3 is 0 Å². The number of H-pyrrole nitrogens is 1. The number of aromatic nitrogens is 4. The van der Waals surface area contributed by atoms with Gasteiger partial charge in [-0.3, -0.25) is 4.79 Å². The van der Waals surface area contributed by atoms with Gasteiger partial charge in [0.25, 0.3) is 5.91 Å². The van der Waals surface area contributed by atoms with Gasteiger partial charge in [0.05, 0.1) is 27.0 Å². The van der Waals surface area contributed by atoms with Crippen molar-refractivity contribution in [1.29, 1.82) is 0 Å². The highest BCUT2D eigenvalue weighted by Gasteiger charge is 2.39. The van der Waals surface area contributed by atoms with Crippen LogP contribution in [0.15, 0.2) is 40.1 Å². The van der Waals surface area contributed by atoms with E-state index in [-0.39, 0.29) is 59.9 Å². The average Bonchev–Trinajstić information content (AvgIpc) is 3.29. The van der Waals surface area contributed by atoms with E-state index < -0.39 is 40.8 Å². The first-order valence-electron chi connectivity index (χ1n) is 10.3. The first-order valence-corrected chi connectivity index (χ1v) is 13.4. The Morgan fingerprint density at radius 3 is 2.43 bits per heavy atom. The lowest BCUT2D eigenvalue weighted by Gasteiger charge is -2.28. The summed E-state index contributed by atoms with van der Waals surface area (Å²) < 4.78 is 52.1. The Morgan fingerprint density at radius 2 is 1.86 bits per heavy atom. The van der Waals surface area contributed by atoms with Gasteiger partial charge in [-0.15, -0.1) is 10.2 Å². The molecular weight excluding hydrogens is 498 g/mol. The number of hydrogen-bond acceptors (Lipinski definition) is 11. The molecule has 1 aliphatic heterocycles. The summed E-state index contributed by atoms with van der Waals surface area (Å²) in [6, 6.07) is 7.12. The molecule has 4 rings (SSSR count). The first kappa shape index (κ1) is 24.7. The van der Waals surface area contributed by atoms with E-state index in [0.717, 1.165) is 6.07 Å². The van der Waals surface area contributed by atoms with Crippen LogP contribution in [0.25, 0.3) is 22.5 Å². The SMILES string of the molecule is NCCNC(=O)c1cccc(-c2ccc(S(=O)(=O)C3CNC3)c(S(N)(=O)=O)c2-c2nn[nH]n2)c1N. The number of aromatic amines is 1. The number of anilines is 1. The van der Waals surface area contributed by atoms with Crippen LogP contribution in [0.5, 0.6) is 0 Å². The second-order valence-corrected chi connectivity index (χ2v) is 11.4. The molecule has 1 aliphatic rings. The third-order valence-electron chi connectivity index (χ3n) is 5.54. The number of primary sulfonamides is 1. The normalized spacial score (nSPS) is 14.5. The van der Waals surface area contributed by atoms with Crippen molar-refractivity contribution in [3.63, 3.8) is 0 Å². The number of rotatable bonds is 8. The Balaban J connectivity index is 2.03. The number of sulfonamides is 1. The zero-order chi connectivity index (χ0) is 25.4. The molecule has 0 atom stereocenters. The van der Waals surface area contributed by atoms with Crippen LogP contribution in [0.1, 0.15) is 10.4 Å². The van der Waals surface area contributed by atoms with Crippen molar-refractivity contribution in [2.45, 2.75) is 15.0 Å². The number of carbonyl (C=O) groups excluding carboxylic acids is 1. The van der Waals surface area contributed by atoms with Gasteiger partial charge in [-0.1, -0.05) is 18.2 Å². The molecule has 1 fully saturated rings. The molecule has 0 spiro atoms. The molecular formula is C19H23N9O5S2. The second-order valence-electron chi connectivity index (χ2n) is 7.73. The highest BCUT2D eigenvalue weighted by molar-refractivity contribution is 7.94. The minimum atomic E-state index is -4.63. The van der Waals surface area contributed by atoms with E-state index in [1.807, 2.05) is 0 Å². The third kappa shape index (κ3) is 4.48. The number of nitrogen functional groups attached to an aromatic ring is 1. The fourth-order valence-corrected chi connectivity index (χ4v) is 6.91. The van der Waals surface area contributed by atoms with E-state index in [1.165, 1.54) is 12.1 Å². The van der Waals surface area contributed by atoms with Gasteiger partial charge in [0.2, 0.25) is 15.8 Å². The molecule has 35 heavy (non-hydrogen) atoms. The van der Waals surface area contributed by atoms with Gasteiger partial charge in [0.15, 0.2) is 9.84 Å². The van der Waals surface area contributed by atoms with Crippen LogP contribution in [0, 0.1) is 0 Å². The van der Waals surface area contributed by atoms with E-state index in [1.54, 1.807) is 12.1 Å². The van der Waals surface area contributed by atoms with Gasteiger partial charge in [-0.25, -0.2) is 22.0 Å². The Morgan fingerprint density at radius 1 is 1.11 bits per heavy atom. The summed E-state index contributed by atoms with van der Waals surface area (Å²) in [4.78, 5) is 11.4. The summed E-state index contributed by atoms with van der Waals surface area (Å²) in [5.74, 6) is -0.704. The zero-order valence-corrected chi connectivity index (χ0v) is 19.9. The quantitative estimate of drug-likeness (QED) is 0.180. The highest BCUT2D eigenvalue weighted by atomic mass is 32.2. The maximum absolute atomic E-state index is 13.3. The lowest BCUT2D eigenvalue weighted by Crippen LogP contribution is -2.51. The summed E-state index contributed by atoms with van der Waals surface area (Å²) in [7, 11) is -8.71. The predicted octanol–water partition coefficient (Wildman–Crippen LogP) is -1.80. The number of sulfone groups is 1. The van der Waals surface area contributed by atoms with Crippen molar-refractivity contribution in [2.75, 3.05) is 31.9 Å². The molecule has 3 aromatic rings. The van der Waals surface area contributed by atoms with Crippen molar-refractivity contribution < 1.29 is 21.6 Å². The number of hydrogen-bond donors (Lipinski definition) is 6. The number of nitrogens with one attached hydrogen (secondary N) is 3. The molecule has 9 N–H and O–H groups in total. The number of carbonyl (C=O) groups is 1. The Kier molecular flexibility index (Phi) is 6.56. The van der Waals surface area contributed by atoms with Crippen molar-refractivity contribution in [2.24, 2.45) is 10.9 Å². The van der Waals surface area contributed by atoms with Crippen LogP contribution in [-0.2, 0) is 19.9 Å². The smallest absolute Gasteiger partial charge is 0.253 e. The minimum absolute atomic E-state index is 0.0194. The zero-order valence-electron chi connectivity index (χ0n) is 18.2. The summed E-state index contributed by atoms with van der Waals surface area (Å²) in [6.07, 6.45) is 0. The predicted molar refractivity (Wildman–Crippen MR) is 126 cm³/mol. The molecule has 0 bridgehead atoms. The highest BCUT2D eigenvalue weighted by Crippen LogP contribution is 2.42. The maximum Gasteiger partial charge on any atom is 0.253 e. The Labute approximate surface area is 200 Å². The molecule has 0 saturated carbocycles. The monoisotopic (exact) mass is 521 g/mol. The van der Waals surface area contributed by atoms with Crippen molar-refractivity contribution in [3.05, 3.63) is 35.9 Å². The number of nitrogens with two attached hydrogens (primary N) is 3. The second kappa shape index (κ2) is 9.31. The van der Waals surface area contributed by atoms with Gasteiger partial charge in [0, 0.05) is 31.7 Å². The van der Waals surface area contributed by atoms with Crippen molar-refractivity contribution in [1.82, 2.24) is 31.3 Å². The third-order valence-corrected chi connectivity index (χ3v) is 8.82. The number of tetrazole rings is 1. The molecule has 14 nitrogen and oxygen atoms in total. The molecule has 186 valence electrons. The standard InChI is InChI=1S/C19H23N9O5S2/c20-6-7-24-19(29)13-3-1-2-12(16(13)21)11-4-5-14(34(30,31)10-8-23-9-10)17(35(22,32)33)15(11)18-25-27-28-26-18/h1-5,10,23H,6-9,20-21H2,(H,24,29)(H2,22,32,33)(H,25,26,27,28). The summed E-state index contributed by atoms with van der Waals surface area (Å²) in [6.45, 7) is 0.767. The van der Waals surface area contributed by atoms with Crippen LogP contribution >= 0.6 is 0 Å². The number of benzene rings is 2. The van der Waals surface area contributed by atoms with Crippen LogP contribution in [0.2, 0.25) is 0 Å². The van der Waals surface area contributed by atoms with E-state index in [0.29, 0.717) is 0 Å². The topological polar surface area (TPSA) is 242 Å². The number of nitrogens with zero attached hydrogens (tertiary/aromatic N) is 3. The molecule has 0 radical (unpaired) electrons. The van der Waals surface area contributed by atoms with Crippen LogP contribution in [-0.4, -0.2) is 74.8 Å². The van der Waals surface area contributed by atoms with E-state index >= 15 is 0 Å². The average molecular weight is 522 g/mol. The van der Waals surface area contributed by atoms with Gasteiger partial charge in [0.1, 0.15) is 4.90 Å². The van der Waals surface area contributed by atoms with E-state index in [2.05, 4.69) is 31.3 Å². The van der Waals surface area contributed by atoms with Crippen LogP contribution < -0.4 is 27.2 Å². The van der Waals surface area contributed by atoms with Gasteiger partial charge in [-0.05, 0) is 22.9 Å². The van der Waals surface area contributed by atoms with Crippen LogP contribution in [0.3, 0.4) is 0 Å². The van der Waals surface area contributed by atoms with Gasteiger partial charge in [-0.2, -0.15) is 5.21 Å². The molecule has 16 heteroatoms. The summed E-state index contributed by atoms with van der Waals surface area (Å²) in [5.41, 5.74) is 12.1. The van der Waals surface area contributed by atoms with E-state index in [9.17, 15) is 21.6 Å². The molecule has 1 amide bonds. The lowest BCUT2D eigenvalue weighted by atomic mass is 9.95. The molecule has 1 aromatic heterocycles. The fourth-order valence-electron chi connectivity index (χ4n) is 3.72. The summed E-state index contributed by atoms with van der Waals surface area (Å²) in [5, 5.41) is 23.6. The number of para-hydroxylation sites is 1.